The normalized spacial score (nSPS) is 10.7. The largest absolute Gasteiger partial charge is 0.508 e. The molecule has 4 heteroatoms. The maximum Gasteiger partial charge on any atom is 0.123 e. The first-order valence-electron chi connectivity index (χ1n) is 7.34. The zero-order chi connectivity index (χ0) is 16.1. The molecule has 118 valence electrons. The van der Waals surface area contributed by atoms with E-state index >= 15 is 0 Å². The van der Waals surface area contributed by atoms with Crippen LogP contribution in [0, 0.1) is 0 Å². The number of ether oxygens (including phenoxy) is 2. The molecule has 0 spiro atoms. The van der Waals surface area contributed by atoms with Gasteiger partial charge in [0.1, 0.15) is 23.0 Å². The molecule has 0 aliphatic heterocycles. The molecule has 0 unspecified atom stereocenters. The Morgan fingerprint density at radius 3 is 1.64 bits per heavy atom. The summed E-state index contributed by atoms with van der Waals surface area (Å²) < 4.78 is 10.2. The van der Waals surface area contributed by atoms with Crippen LogP contribution in [0.3, 0.4) is 0 Å². The van der Waals surface area contributed by atoms with E-state index in [1.54, 1.807) is 26.4 Å². The van der Waals surface area contributed by atoms with Crippen LogP contribution in [0.15, 0.2) is 36.4 Å². The van der Waals surface area contributed by atoms with Crippen LogP contribution in [-0.4, -0.2) is 24.4 Å². The summed E-state index contributed by atoms with van der Waals surface area (Å²) in [5.74, 6) is 1.48. The molecule has 0 aliphatic carbocycles. The Labute approximate surface area is 130 Å². The molecule has 0 aromatic heterocycles. The van der Waals surface area contributed by atoms with Crippen LogP contribution in [0.1, 0.15) is 36.8 Å². The molecule has 4 nitrogen and oxygen atoms in total. The van der Waals surface area contributed by atoms with Crippen molar-refractivity contribution in [3.63, 3.8) is 0 Å². The Bertz CT molecular complexity index is 583. The van der Waals surface area contributed by atoms with Gasteiger partial charge in [-0.1, -0.05) is 25.5 Å². The summed E-state index contributed by atoms with van der Waals surface area (Å²) in [7, 11) is 3.13. The van der Waals surface area contributed by atoms with E-state index in [2.05, 4.69) is 6.92 Å². The van der Waals surface area contributed by atoms with Crippen molar-refractivity contribution < 1.29 is 19.7 Å². The fourth-order valence-electron chi connectivity index (χ4n) is 2.66. The van der Waals surface area contributed by atoms with Crippen LogP contribution < -0.4 is 9.47 Å². The monoisotopic (exact) mass is 302 g/mol. The van der Waals surface area contributed by atoms with E-state index in [1.807, 2.05) is 24.3 Å². The van der Waals surface area contributed by atoms with Gasteiger partial charge < -0.3 is 19.7 Å². The van der Waals surface area contributed by atoms with Crippen molar-refractivity contribution in [2.24, 2.45) is 0 Å². The van der Waals surface area contributed by atoms with Crippen LogP contribution >= 0.6 is 0 Å². The van der Waals surface area contributed by atoms with Crippen LogP contribution in [0.2, 0.25) is 0 Å². The highest BCUT2D eigenvalue weighted by Gasteiger charge is 2.20. The highest BCUT2D eigenvalue weighted by molar-refractivity contribution is 5.50. The first kappa shape index (κ1) is 16.0. The number of hydrogen-bond donors (Lipinski definition) is 2. The van der Waals surface area contributed by atoms with E-state index in [0.29, 0.717) is 11.5 Å². The molecule has 2 N–H and O–H groups in total. The van der Waals surface area contributed by atoms with Gasteiger partial charge in [0, 0.05) is 29.2 Å². The molecule has 2 aromatic rings. The van der Waals surface area contributed by atoms with Gasteiger partial charge in [0.2, 0.25) is 0 Å². The standard InChI is InChI=1S/C18H22O4/c1-4-5-14(15-8-6-12(21-2)10-17(15)19)16-9-7-13(22-3)11-18(16)20/h6-11,14,19-20H,4-5H2,1-3H3. The molecule has 0 heterocycles. The molecule has 2 rings (SSSR count). The minimum atomic E-state index is -0.0817. The van der Waals surface area contributed by atoms with Gasteiger partial charge in [-0.2, -0.15) is 0 Å². The van der Waals surface area contributed by atoms with E-state index in [0.717, 1.165) is 24.0 Å². The smallest absolute Gasteiger partial charge is 0.123 e. The zero-order valence-corrected chi connectivity index (χ0v) is 13.2. The number of benzene rings is 2. The second-order valence-corrected chi connectivity index (χ2v) is 5.19. The van der Waals surface area contributed by atoms with Crippen molar-refractivity contribution >= 4 is 0 Å². The molecule has 0 saturated carbocycles. The van der Waals surface area contributed by atoms with Crippen molar-refractivity contribution in [1.82, 2.24) is 0 Å². The van der Waals surface area contributed by atoms with Gasteiger partial charge in [-0.25, -0.2) is 0 Å². The maximum atomic E-state index is 10.3. The fraction of sp³-hybridized carbons (Fsp3) is 0.333. The number of hydrogen-bond acceptors (Lipinski definition) is 4. The highest BCUT2D eigenvalue weighted by atomic mass is 16.5. The number of aromatic hydroxyl groups is 2. The van der Waals surface area contributed by atoms with E-state index in [-0.39, 0.29) is 17.4 Å². The Balaban J connectivity index is 2.46. The average molecular weight is 302 g/mol. The van der Waals surface area contributed by atoms with E-state index in [1.165, 1.54) is 0 Å². The van der Waals surface area contributed by atoms with Crippen molar-refractivity contribution in [2.75, 3.05) is 14.2 Å². The third-order valence-electron chi connectivity index (χ3n) is 3.80. The predicted molar refractivity (Wildman–Crippen MR) is 86.1 cm³/mol. The SMILES string of the molecule is CCCC(c1ccc(OC)cc1O)c1ccc(OC)cc1O. The Morgan fingerprint density at radius 2 is 1.32 bits per heavy atom. The van der Waals surface area contributed by atoms with Gasteiger partial charge in [0.15, 0.2) is 0 Å². The van der Waals surface area contributed by atoms with Crippen LogP contribution in [0.5, 0.6) is 23.0 Å². The van der Waals surface area contributed by atoms with E-state index < -0.39 is 0 Å². The zero-order valence-electron chi connectivity index (χ0n) is 13.2. The Hall–Kier alpha value is -2.36. The third-order valence-corrected chi connectivity index (χ3v) is 3.80. The molecule has 0 fully saturated rings. The molecule has 22 heavy (non-hydrogen) atoms. The highest BCUT2D eigenvalue weighted by Crippen LogP contribution is 2.40. The Morgan fingerprint density at radius 1 is 0.864 bits per heavy atom. The molecule has 0 bridgehead atoms. The van der Waals surface area contributed by atoms with Crippen molar-refractivity contribution in [3.8, 4) is 23.0 Å². The van der Waals surface area contributed by atoms with Gasteiger partial charge in [0.05, 0.1) is 14.2 Å². The number of methoxy groups -OCH3 is 2. The van der Waals surface area contributed by atoms with Gasteiger partial charge >= 0.3 is 0 Å². The Kier molecular flexibility index (Phi) is 5.15. The van der Waals surface area contributed by atoms with Crippen LogP contribution in [-0.2, 0) is 0 Å². The molecule has 2 aromatic carbocycles. The summed E-state index contributed by atoms with van der Waals surface area (Å²) in [6, 6.07) is 10.5. The van der Waals surface area contributed by atoms with Crippen molar-refractivity contribution in [1.29, 1.82) is 0 Å². The molecule has 0 atom stereocenters. The predicted octanol–water partition coefficient (Wildman–Crippen LogP) is 4.05. The summed E-state index contributed by atoms with van der Waals surface area (Å²) >= 11 is 0. The second-order valence-electron chi connectivity index (χ2n) is 5.19. The maximum absolute atomic E-state index is 10.3. The lowest BCUT2D eigenvalue weighted by Gasteiger charge is -2.20. The summed E-state index contributed by atoms with van der Waals surface area (Å²) in [6.07, 6.45) is 1.75. The van der Waals surface area contributed by atoms with Crippen LogP contribution in [0.4, 0.5) is 0 Å². The lowest BCUT2D eigenvalue weighted by molar-refractivity contribution is 0.403. The lowest BCUT2D eigenvalue weighted by Crippen LogP contribution is -2.02. The summed E-state index contributed by atoms with van der Waals surface area (Å²) in [6.45, 7) is 2.08. The molecular weight excluding hydrogens is 280 g/mol. The topological polar surface area (TPSA) is 58.9 Å². The average Bonchev–Trinajstić information content (AvgIpc) is 2.53. The molecular formula is C18H22O4. The minimum absolute atomic E-state index is 0.0817. The lowest BCUT2D eigenvalue weighted by atomic mass is 9.86. The first-order valence-corrected chi connectivity index (χ1v) is 7.34. The van der Waals surface area contributed by atoms with Gasteiger partial charge in [-0.3, -0.25) is 0 Å². The molecule has 0 aliphatic rings. The van der Waals surface area contributed by atoms with E-state index in [4.69, 9.17) is 9.47 Å². The number of phenolic OH excluding ortho intramolecular Hbond substituents is 2. The minimum Gasteiger partial charge on any atom is -0.508 e. The summed E-state index contributed by atoms with van der Waals surface area (Å²) in [4.78, 5) is 0. The fourth-order valence-corrected chi connectivity index (χ4v) is 2.66. The van der Waals surface area contributed by atoms with E-state index in [9.17, 15) is 10.2 Å². The molecule has 0 saturated heterocycles. The third kappa shape index (κ3) is 3.27. The van der Waals surface area contributed by atoms with Gasteiger partial charge in [0.25, 0.3) is 0 Å². The van der Waals surface area contributed by atoms with Gasteiger partial charge in [-0.05, 0) is 18.6 Å². The molecule has 0 radical (unpaired) electrons. The van der Waals surface area contributed by atoms with Gasteiger partial charge in [-0.15, -0.1) is 0 Å². The number of phenols is 2. The number of rotatable bonds is 6. The van der Waals surface area contributed by atoms with Crippen molar-refractivity contribution in [2.45, 2.75) is 25.7 Å². The molecule has 0 amide bonds. The first-order chi connectivity index (χ1) is 10.6. The summed E-state index contributed by atoms with van der Waals surface area (Å²) in [5, 5.41) is 20.6. The van der Waals surface area contributed by atoms with Crippen LogP contribution in [0.25, 0.3) is 0 Å². The van der Waals surface area contributed by atoms with Crippen molar-refractivity contribution in [3.05, 3.63) is 47.5 Å². The second kappa shape index (κ2) is 7.07. The summed E-state index contributed by atoms with van der Waals surface area (Å²) in [5.41, 5.74) is 1.56. The quantitative estimate of drug-likeness (QED) is 0.845.